The van der Waals surface area contributed by atoms with Crippen molar-refractivity contribution in [2.45, 2.75) is 71.9 Å². The van der Waals surface area contributed by atoms with E-state index in [1.54, 1.807) is 0 Å². The van der Waals surface area contributed by atoms with Crippen LogP contribution in [-0.4, -0.2) is 61.8 Å². The van der Waals surface area contributed by atoms with E-state index in [0.29, 0.717) is 18.4 Å². The zero-order valence-corrected chi connectivity index (χ0v) is 18.6. The molecule has 0 spiro atoms. The van der Waals surface area contributed by atoms with Gasteiger partial charge >= 0.3 is 5.97 Å². The lowest BCUT2D eigenvalue weighted by Crippen LogP contribution is -2.44. The minimum Gasteiger partial charge on any atom is -0.459 e. The molecule has 1 heterocycles. The molecule has 1 N–H and O–H groups in total. The predicted molar refractivity (Wildman–Crippen MR) is 112 cm³/mol. The summed E-state index contributed by atoms with van der Waals surface area (Å²) in [5.74, 6) is 0.428. The van der Waals surface area contributed by atoms with Gasteiger partial charge in [-0.25, -0.2) is 0 Å². The molecule has 6 nitrogen and oxygen atoms in total. The first-order chi connectivity index (χ1) is 13.3. The molecule has 6 heteroatoms. The molecule has 28 heavy (non-hydrogen) atoms. The fraction of sp³-hybridized carbons (Fsp3) is 0.818. The largest absolute Gasteiger partial charge is 0.459 e. The van der Waals surface area contributed by atoms with Gasteiger partial charge in [-0.1, -0.05) is 32.4 Å². The Hall–Kier alpha value is -1.40. The molecule has 1 saturated heterocycles. The van der Waals surface area contributed by atoms with E-state index in [4.69, 9.17) is 9.47 Å². The number of carbonyl (C=O) groups is 2. The van der Waals surface area contributed by atoms with E-state index in [2.05, 4.69) is 29.3 Å². The van der Waals surface area contributed by atoms with E-state index in [1.165, 1.54) is 7.11 Å². The van der Waals surface area contributed by atoms with Crippen LogP contribution >= 0.6 is 0 Å². The Morgan fingerprint density at radius 3 is 2.61 bits per heavy atom. The van der Waals surface area contributed by atoms with Crippen LogP contribution in [0.15, 0.2) is 12.2 Å². The van der Waals surface area contributed by atoms with Crippen LogP contribution in [0.3, 0.4) is 0 Å². The van der Waals surface area contributed by atoms with E-state index < -0.39 is 5.60 Å². The number of nitrogens with zero attached hydrogens (tertiary/aromatic N) is 1. The molecular formula is C22H40N2O4. The molecule has 1 unspecified atom stereocenters. The number of methoxy groups -OCH3 is 1. The minimum atomic E-state index is -0.446. The third-order valence-electron chi connectivity index (χ3n) is 5.45. The maximum Gasteiger partial charge on any atom is 0.323 e. The molecule has 0 radical (unpaired) electrons. The molecule has 0 aromatic rings. The van der Waals surface area contributed by atoms with Gasteiger partial charge in [0.2, 0.25) is 5.91 Å². The summed E-state index contributed by atoms with van der Waals surface area (Å²) in [6, 6.07) is -0.221. The van der Waals surface area contributed by atoms with E-state index >= 15 is 0 Å². The van der Waals surface area contributed by atoms with Crippen molar-refractivity contribution in [1.29, 1.82) is 0 Å². The summed E-state index contributed by atoms with van der Waals surface area (Å²) >= 11 is 0. The highest BCUT2D eigenvalue weighted by atomic mass is 16.6. The van der Waals surface area contributed by atoms with Crippen LogP contribution in [0.2, 0.25) is 0 Å². The van der Waals surface area contributed by atoms with Gasteiger partial charge < -0.3 is 14.8 Å². The molecule has 0 aromatic carbocycles. The second-order valence-corrected chi connectivity index (χ2v) is 8.42. The number of likely N-dealkylation sites (tertiary alicyclic amines) is 1. The Morgan fingerprint density at radius 1 is 1.32 bits per heavy atom. The number of allylic oxidation sites excluding steroid dienone is 1. The van der Waals surface area contributed by atoms with Gasteiger partial charge in [0.1, 0.15) is 18.2 Å². The number of carbonyl (C=O) groups excluding carboxylic acids is 2. The Bertz CT molecular complexity index is 519. The SMILES string of the molecule is CC=C[C@@H]1C[C@H](C(=O)OC(C)(C)CC)N(CC(CCC)CNC(=O)COC)C1. The Morgan fingerprint density at radius 2 is 2.04 bits per heavy atom. The monoisotopic (exact) mass is 396 g/mol. The predicted octanol–water partition coefficient (Wildman–Crippen LogP) is 3.16. The highest BCUT2D eigenvalue weighted by molar-refractivity contribution is 5.77. The number of hydrogen-bond donors (Lipinski definition) is 1. The normalized spacial score (nSPS) is 21.8. The average Bonchev–Trinajstić information content (AvgIpc) is 3.03. The summed E-state index contributed by atoms with van der Waals surface area (Å²) < 4.78 is 10.7. The van der Waals surface area contributed by atoms with E-state index in [-0.39, 0.29) is 24.5 Å². The molecule has 1 fully saturated rings. The second-order valence-electron chi connectivity index (χ2n) is 8.42. The first-order valence-corrected chi connectivity index (χ1v) is 10.6. The summed E-state index contributed by atoms with van der Waals surface area (Å²) in [6.07, 6.45) is 7.85. The van der Waals surface area contributed by atoms with Gasteiger partial charge in [-0.05, 0) is 51.9 Å². The van der Waals surface area contributed by atoms with Gasteiger partial charge in [0.05, 0.1) is 0 Å². The van der Waals surface area contributed by atoms with Crippen molar-refractivity contribution in [3.8, 4) is 0 Å². The molecule has 1 aliphatic heterocycles. The van der Waals surface area contributed by atoms with Crippen molar-refractivity contribution in [1.82, 2.24) is 10.2 Å². The molecule has 0 aliphatic carbocycles. The summed E-state index contributed by atoms with van der Waals surface area (Å²) in [6.45, 7) is 12.4. The zero-order valence-electron chi connectivity index (χ0n) is 18.6. The van der Waals surface area contributed by atoms with Crippen molar-refractivity contribution < 1.29 is 19.1 Å². The Labute approximate surface area is 171 Å². The third kappa shape index (κ3) is 8.31. The number of esters is 1. The first-order valence-electron chi connectivity index (χ1n) is 10.6. The standard InChI is InChI=1S/C22H40N2O4/c1-7-10-17-12-19(21(26)28-22(4,5)9-3)24(14-17)15-18(11-8-2)13-23-20(25)16-27-6/h7,10,17-19H,8-9,11-16H2,1-6H3,(H,23,25)/t17-,18?,19-/m1/s1. The number of ether oxygens (including phenoxy) is 2. The smallest absolute Gasteiger partial charge is 0.323 e. The number of nitrogens with one attached hydrogen (secondary N) is 1. The summed E-state index contributed by atoms with van der Waals surface area (Å²) in [7, 11) is 1.52. The summed E-state index contributed by atoms with van der Waals surface area (Å²) in [5.41, 5.74) is -0.446. The summed E-state index contributed by atoms with van der Waals surface area (Å²) in [4.78, 5) is 26.9. The number of hydrogen-bond acceptors (Lipinski definition) is 5. The number of rotatable bonds is 12. The van der Waals surface area contributed by atoms with Crippen LogP contribution in [0.1, 0.15) is 60.3 Å². The van der Waals surface area contributed by atoms with Gasteiger partial charge in [0, 0.05) is 26.7 Å². The third-order valence-corrected chi connectivity index (χ3v) is 5.45. The fourth-order valence-electron chi connectivity index (χ4n) is 3.65. The maximum atomic E-state index is 12.9. The van der Waals surface area contributed by atoms with Crippen molar-refractivity contribution in [3.05, 3.63) is 12.2 Å². The Kier molecular flexibility index (Phi) is 10.8. The molecule has 3 atom stereocenters. The lowest BCUT2D eigenvalue weighted by atomic mass is 10.0. The zero-order chi connectivity index (χ0) is 21.2. The molecule has 0 saturated carbocycles. The van der Waals surface area contributed by atoms with Gasteiger partial charge in [-0.2, -0.15) is 0 Å². The first kappa shape index (κ1) is 24.6. The molecule has 1 amide bonds. The van der Waals surface area contributed by atoms with Gasteiger partial charge in [-0.15, -0.1) is 0 Å². The lowest BCUT2D eigenvalue weighted by molar-refractivity contribution is -0.162. The van der Waals surface area contributed by atoms with Crippen LogP contribution in [0.25, 0.3) is 0 Å². The molecule has 162 valence electrons. The number of amides is 1. The van der Waals surface area contributed by atoms with Crippen molar-refractivity contribution >= 4 is 11.9 Å². The topological polar surface area (TPSA) is 67.9 Å². The summed E-state index contributed by atoms with van der Waals surface area (Å²) in [5, 5.41) is 2.95. The molecule has 1 aliphatic rings. The average molecular weight is 397 g/mol. The van der Waals surface area contributed by atoms with Crippen LogP contribution in [0.4, 0.5) is 0 Å². The van der Waals surface area contributed by atoms with E-state index in [9.17, 15) is 9.59 Å². The van der Waals surface area contributed by atoms with Gasteiger partial charge in [-0.3, -0.25) is 14.5 Å². The quantitative estimate of drug-likeness (QED) is 0.405. The van der Waals surface area contributed by atoms with Crippen LogP contribution in [0, 0.1) is 11.8 Å². The second kappa shape index (κ2) is 12.2. The van der Waals surface area contributed by atoms with Crippen molar-refractivity contribution in [2.75, 3.05) is 33.4 Å². The van der Waals surface area contributed by atoms with Gasteiger partial charge in [0.15, 0.2) is 0 Å². The molecular weight excluding hydrogens is 356 g/mol. The van der Waals surface area contributed by atoms with Gasteiger partial charge in [0.25, 0.3) is 0 Å². The van der Waals surface area contributed by atoms with Crippen molar-refractivity contribution in [2.24, 2.45) is 11.8 Å². The molecule has 1 rings (SSSR count). The minimum absolute atomic E-state index is 0.0764. The van der Waals surface area contributed by atoms with Crippen molar-refractivity contribution in [3.63, 3.8) is 0 Å². The van der Waals surface area contributed by atoms with Crippen LogP contribution < -0.4 is 5.32 Å². The highest BCUT2D eigenvalue weighted by Gasteiger charge is 2.39. The fourth-order valence-corrected chi connectivity index (χ4v) is 3.65. The van der Waals surface area contributed by atoms with Crippen LogP contribution in [0.5, 0.6) is 0 Å². The molecule has 0 aromatic heterocycles. The van der Waals surface area contributed by atoms with E-state index in [1.807, 2.05) is 27.7 Å². The Balaban J connectivity index is 2.81. The van der Waals surface area contributed by atoms with E-state index in [0.717, 1.165) is 38.8 Å². The maximum absolute atomic E-state index is 12.9. The highest BCUT2D eigenvalue weighted by Crippen LogP contribution is 2.28. The molecule has 0 bridgehead atoms. The lowest BCUT2D eigenvalue weighted by Gasteiger charge is -2.31. The van der Waals surface area contributed by atoms with Crippen LogP contribution in [-0.2, 0) is 19.1 Å².